The average molecular weight is 216 g/mol. The minimum atomic E-state index is -0.525. The number of hydrogen-bond acceptors (Lipinski definition) is 4. The summed E-state index contributed by atoms with van der Waals surface area (Å²) < 4.78 is 0. The second-order valence-electron chi connectivity index (χ2n) is 4.15. The van der Waals surface area contributed by atoms with E-state index in [0.29, 0.717) is 6.04 Å². The summed E-state index contributed by atoms with van der Waals surface area (Å²) >= 11 is 0. The number of rotatable bonds is 4. The summed E-state index contributed by atoms with van der Waals surface area (Å²) in [7, 11) is 0. The molecule has 2 unspecified atom stereocenters. The highest BCUT2D eigenvalue weighted by atomic mass is 16.3. The monoisotopic (exact) mass is 216 g/mol. The molecule has 1 heterocycles. The molecule has 0 aromatic heterocycles. The van der Waals surface area contributed by atoms with E-state index < -0.39 is 6.04 Å². The van der Waals surface area contributed by atoms with Crippen molar-refractivity contribution >= 4 is 5.91 Å². The zero-order chi connectivity index (χ0) is 11.3. The van der Waals surface area contributed by atoms with Crippen molar-refractivity contribution in [2.24, 2.45) is 5.92 Å². The van der Waals surface area contributed by atoms with Gasteiger partial charge in [-0.05, 0) is 26.3 Å². The molecule has 1 saturated heterocycles. The van der Waals surface area contributed by atoms with Crippen molar-refractivity contribution in [2.75, 3.05) is 19.8 Å². The predicted octanol–water partition coefficient (Wildman–Crippen LogP) is -1.16. The number of piperidine rings is 1. The van der Waals surface area contributed by atoms with Gasteiger partial charge in [-0.15, -0.1) is 0 Å². The highest BCUT2D eigenvalue weighted by molar-refractivity contribution is 5.79. The van der Waals surface area contributed by atoms with Crippen LogP contribution >= 0.6 is 0 Å². The molecule has 0 aromatic rings. The largest absolute Gasteiger partial charge is 0.394 e. The maximum atomic E-state index is 11.7. The normalized spacial score (nSPS) is 26.7. The van der Waals surface area contributed by atoms with Crippen LogP contribution in [0, 0.1) is 5.92 Å². The fourth-order valence-electron chi connectivity index (χ4n) is 1.84. The van der Waals surface area contributed by atoms with Crippen LogP contribution in [0.25, 0.3) is 0 Å². The van der Waals surface area contributed by atoms with Crippen LogP contribution in [0.15, 0.2) is 0 Å². The second-order valence-corrected chi connectivity index (χ2v) is 4.15. The van der Waals surface area contributed by atoms with E-state index in [1.807, 2.05) is 0 Å². The Kier molecular flexibility index (Phi) is 5.01. The molecule has 4 N–H and O–H groups in total. The van der Waals surface area contributed by atoms with Crippen LogP contribution in [0.3, 0.4) is 0 Å². The lowest BCUT2D eigenvalue weighted by Crippen LogP contribution is -2.47. The molecule has 0 radical (unpaired) electrons. The van der Waals surface area contributed by atoms with Gasteiger partial charge >= 0.3 is 0 Å². The highest BCUT2D eigenvalue weighted by Gasteiger charge is 2.25. The van der Waals surface area contributed by atoms with E-state index in [1.54, 1.807) is 0 Å². The van der Waals surface area contributed by atoms with E-state index in [2.05, 4.69) is 17.6 Å². The van der Waals surface area contributed by atoms with Gasteiger partial charge < -0.3 is 20.8 Å². The molecule has 1 aliphatic heterocycles. The van der Waals surface area contributed by atoms with Crippen LogP contribution in [0.2, 0.25) is 0 Å². The molecule has 1 amide bonds. The first-order chi connectivity index (χ1) is 7.17. The van der Waals surface area contributed by atoms with Gasteiger partial charge in [0.1, 0.15) is 0 Å². The van der Waals surface area contributed by atoms with Gasteiger partial charge in [-0.25, -0.2) is 0 Å². The van der Waals surface area contributed by atoms with Crippen LogP contribution in [-0.2, 0) is 4.79 Å². The lowest BCUT2D eigenvalue weighted by molar-refractivity contribution is -0.127. The summed E-state index contributed by atoms with van der Waals surface area (Å²) in [6, 6.07) is -0.168. The first-order valence-electron chi connectivity index (χ1n) is 5.42. The predicted molar refractivity (Wildman–Crippen MR) is 56.3 cm³/mol. The van der Waals surface area contributed by atoms with Crippen molar-refractivity contribution in [3.8, 4) is 0 Å². The number of carbonyl (C=O) groups excluding carboxylic acids is 1. The van der Waals surface area contributed by atoms with E-state index in [-0.39, 0.29) is 25.0 Å². The number of carbonyl (C=O) groups is 1. The van der Waals surface area contributed by atoms with Crippen molar-refractivity contribution in [1.82, 2.24) is 10.6 Å². The lowest BCUT2D eigenvalue weighted by Gasteiger charge is -2.28. The standard InChI is InChI=1S/C10H20N2O3/c1-7-4-8(2-3-11-7)10(15)12-9(5-13)6-14/h7-9,11,13-14H,2-6H2,1H3,(H,12,15). The van der Waals surface area contributed by atoms with Crippen molar-refractivity contribution in [1.29, 1.82) is 0 Å². The number of aliphatic hydroxyl groups excluding tert-OH is 2. The molecule has 0 aromatic carbocycles. The van der Waals surface area contributed by atoms with E-state index in [9.17, 15) is 4.79 Å². The van der Waals surface area contributed by atoms with Crippen molar-refractivity contribution in [3.05, 3.63) is 0 Å². The Balaban J connectivity index is 2.38. The second kappa shape index (κ2) is 6.05. The molecule has 0 spiro atoms. The van der Waals surface area contributed by atoms with Gasteiger partial charge in [0, 0.05) is 12.0 Å². The van der Waals surface area contributed by atoms with Gasteiger partial charge in [-0.1, -0.05) is 0 Å². The molecular weight excluding hydrogens is 196 g/mol. The van der Waals surface area contributed by atoms with Gasteiger partial charge in [-0.3, -0.25) is 4.79 Å². The fraction of sp³-hybridized carbons (Fsp3) is 0.900. The zero-order valence-electron chi connectivity index (χ0n) is 9.07. The van der Waals surface area contributed by atoms with Crippen LogP contribution in [0.4, 0.5) is 0 Å². The number of aliphatic hydroxyl groups is 2. The smallest absolute Gasteiger partial charge is 0.223 e. The molecule has 0 saturated carbocycles. The van der Waals surface area contributed by atoms with Gasteiger partial charge in [-0.2, -0.15) is 0 Å². The van der Waals surface area contributed by atoms with E-state index in [0.717, 1.165) is 19.4 Å². The molecule has 5 heteroatoms. The number of nitrogens with one attached hydrogen (secondary N) is 2. The molecule has 88 valence electrons. The molecule has 1 rings (SSSR count). The Bertz CT molecular complexity index is 207. The van der Waals surface area contributed by atoms with Crippen molar-refractivity contribution < 1.29 is 15.0 Å². The minimum absolute atomic E-state index is 0.00171. The summed E-state index contributed by atoms with van der Waals surface area (Å²) in [4.78, 5) is 11.7. The van der Waals surface area contributed by atoms with E-state index >= 15 is 0 Å². The fourth-order valence-corrected chi connectivity index (χ4v) is 1.84. The highest BCUT2D eigenvalue weighted by Crippen LogP contribution is 2.16. The summed E-state index contributed by atoms with van der Waals surface area (Å²) in [5.74, 6) is -0.0571. The number of hydrogen-bond donors (Lipinski definition) is 4. The Hall–Kier alpha value is -0.650. The molecule has 2 atom stereocenters. The third kappa shape index (κ3) is 3.77. The van der Waals surface area contributed by atoms with Crippen molar-refractivity contribution in [3.63, 3.8) is 0 Å². The number of amides is 1. The Morgan fingerprint density at radius 1 is 1.53 bits per heavy atom. The van der Waals surface area contributed by atoms with Crippen LogP contribution in [0.1, 0.15) is 19.8 Å². The minimum Gasteiger partial charge on any atom is -0.394 e. The summed E-state index contributed by atoms with van der Waals surface area (Å²) in [6.07, 6.45) is 1.63. The van der Waals surface area contributed by atoms with Crippen LogP contribution < -0.4 is 10.6 Å². The van der Waals surface area contributed by atoms with Gasteiger partial charge in [0.2, 0.25) is 5.91 Å². The molecule has 5 nitrogen and oxygen atoms in total. The molecule has 1 aliphatic rings. The quantitative estimate of drug-likeness (QED) is 0.478. The topological polar surface area (TPSA) is 81.6 Å². The third-order valence-corrected chi connectivity index (χ3v) is 2.78. The SMILES string of the molecule is CC1CC(C(=O)NC(CO)CO)CCN1. The maximum Gasteiger partial charge on any atom is 0.223 e. The first kappa shape index (κ1) is 12.4. The third-order valence-electron chi connectivity index (χ3n) is 2.78. The molecule has 1 fully saturated rings. The van der Waals surface area contributed by atoms with Gasteiger partial charge in [0.25, 0.3) is 0 Å². The molecule has 15 heavy (non-hydrogen) atoms. The summed E-state index contributed by atoms with van der Waals surface area (Å²) in [6.45, 7) is 2.46. The Morgan fingerprint density at radius 3 is 2.73 bits per heavy atom. The van der Waals surface area contributed by atoms with Crippen molar-refractivity contribution in [2.45, 2.75) is 31.8 Å². The van der Waals surface area contributed by atoms with Gasteiger partial charge in [0.05, 0.1) is 19.3 Å². The van der Waals surface area contributed by atoms with Crippen LogP contribution in [0.5, 0.6) is 0 Å². The molecule has 0 aliphatic carbocycles. The summed E-state index contributed by atoms with van der Waals surface area (Å²) in [5, 5.41) is 23.6. The van der Waals surface area contributed by atoms with E-state index in [4.69, 9.17) is 10.2 Å². The molecule has 0 bridgehead atoms. The van der Waals surface area contributed by atoms with E-state index in [1.165, 1.54) is 0 Å². The molecular formula is C10H20N2O3. The Labute approximate surface area is 89.9 Å². The maximum absolute atomic E-state index is 11.7. The van der Waals surface area contributed by atoms with Gasteiger partial charge in [0.15, 0.2) is 0 Å². The summed E-state index contributed by atoms with van der Waals surface area (Å²) in [5.41, 5.74) is 0. The first-order valence-corrected chi connectivity index (χ1v) is 5.42. The van der Waals surface area contributed by atoms with Crippen LogP contribution in [-0.4, -0.2) is 48.0 Å². The zero-order valence-corrected chi connectivity index (χ0v) is 9.07. The Morgan fingerprint density at radius 2 is 2.20 bits per heavy atom. The lowest BCUT2D eigenvalue weighted by atomic mass is 9.92. The average Bonchev–Trinajstić information content (AvgIpc) is 2.25.